The molecule has 3 amide bonds. The summed E-state index contributed by atoms with van der Waals surface area (Å²) in [6.45, 7) is 9.07. The number of anilines is 2. The van der Waals surface area contributed by atoms with Crippen molar-refractivity contribution in [3.8, 4) is 5.75 Å². The Morgan fingerprint density at radius 1 is 1.07 bits per heavy atom. The number of unbranched alkanes of at least 4 members (excludes halogenated alkanes) is 2. The number of hydrogen-bond acceptors (Lipinski definition) is 6. The van der Waals surface area contributed by atoms with Crippen LogP contribution in [0.4, 0.5) is 11.4 Å². The maximum Gasteiger partial charge on any atom is 0.248 e. The van der Waals surface area contributed by atoms with Gasteiger partial charge >= 0.3 is 0 Å². The molecule has 9 heteroatoms. The minimum atomic E-state index is -0.679. The SMILES string of the molecule is CCOc1ccc(NC(=O)[C@@H]2[C@@H]3CC(C)C4(S3)C(C(=O)Nc3cc(C)ccc3C)N(CCCCCO)C(=O)[C@H]24)cc1. The number of aryl methyl sites for hydroxylation is 2. The van der Waals surface area contributed by atoms with Gasteiger partial charge in [0.05, 0.1) is 23.2 Å². The third-order valence-electron chi connectivity index (χ3n) is 8.94. The number of thioether (sulfide) groups is 1. The highest BCUT2D eigenvalue weighted by atomic mass is 32.2. The van der Waals surface area contributed by atoms with Crippen LogP contribution >= 0.6 is 11.8 Å². The van der Waals surface area contributed by atoms with Gasteiger partial charge in [-0.1, -0.05) is 19.1 Å². The number of carbonyl (C=O) groups is 3. The first-order chi connectivity index (χ1) is 19.7. The number of fused-ring (bicyclic) bond motifs is 1. The predicted molar refractivity (Wildman–Crippen MR) is 162 cm³/mol. The van der Waals surface area contributed by atoms with E-state index in [0.717, 1.165) is 35.4 Å². The van der Waals surface area contributed by atoms with Gasteiger partial charge in [0, 0.05) is 29.8 Å². The molecule has 2 bridgehead atoms. The number of ether oxygens (including phenoxy) is 1. The lowest BCUT2D eigenvalue weighted by Crippen LogP contribution is -2.54. The molecule has 0 aromatic heterocycles. The summed E-state index contributed by atoms with van der Waals surface area (Å²) in [7, 11) is 0. The third kappa shape index (κ3) is 5.34. The number of benzene rings is 2. The quantitative estimate of drug-likeness (QED) is 0.331. The summed E-state index contributed by atoms with van der Waals surface area (Å²) in [5.74, 6) is -0.737. The number of carbonyl (C=O) groups excluding carboxylic acids is 3. The molecule has 0 radical (unpaired) electrons. The van der Waals surface area contributed by atoms with Crippen molar-refractivity contribution in [3.63, 3.8) is 0 Å². The topological polar surface area (TPSA) is 108 Å². The van der Waals surface area contributed by atoms with Crippen LogP contribution in [0.25, 0.3) is 0 Å². The van der Waals surface area contributed by atoms with Gasteiger partial charge in [-0.2, -0.15) is 0 Å². The lowest BCUT2D eigenvalue weighted by Gasteiger charge is -2.38. The number of rotatable bonds is 11. The Kier molecular flexibility index (Phi) is 8.66. The molecule has 3 heterocycles. The number of amides is 3. The Balaban J connectivity index is 1.45. The normalized spacial score (nSPS) is 28.1. The summed E-state index contributed by atoms with van der Waals surface area (Å²) in [5, 5.41) is 15.4. The first-order valence-corrected chi connectivity index (χ1v) is 15.6. The van der Waals surface area contributed by atoms with Gasteiger partial charge in [0.1, 0.15) is 11.8 Å². The summed E-state index contributed by atoms with van der Waals surface area (Å²) in [6, 6.07) is 12.5. The van der Waals surface area contributed by atoms with E-state index >= 15 is 0 Å². The second kappa shape index (κ2) is 12.1. The number of hydrogen-bond donors (Lipinski definition) is 3. The Labute approximate surface area is 246 Å². The van der Waals surface area contributed by atoms with Crippen LogP contribution in [-0.2, 0) is 14.4 Å². The lowest BCUT2D eigenvalue weighted by molar-refractivity contribution is -0.138. The van der Waals surface area contributed by atoms with Gasteiger partial charge in [-0.05, 0) is 93.8 Å². The van der Waals surface area contributed by atoms with Crippen LogP contribution in [0, 0.1) is 31.6 Å². The van der Waals surface area contributed by atoms with Crippen molar-refractivity contribution in [1.29, 1.82) is 0 Å². The molecule has 2 aromatic rings. The Morgan fingerprint density at radius 2 is 1.83 bits per heavy atom. The van der Waals surface area contributed by atoms with Crippen molar-refractivity contribution in [1.82, 2.24) is 4.90 Å². The Bertz CT molecular complexity index is 1300. The number of likely N-dealkylation sites (tertiary alicyclic amines) is 1. The number of aliphatic hydroxyl groups excluding tert-OH is 1. The third-order valence-corrected chi connectivity index (χ3v) is 11.0. The molecule has 3 N–H and O–H groups in total. The summed E-state index contributed by atoms with van der Waals surface area (Å²) in [6.07, 6.45) is 2.88. The van der Waals surface area contributed by atoms with E-state index in [9.17, 15) is 19.5 Å². The highest BCUT2D eigenvalue weighted by molar-refractivity contribution is 8.02. The molecule has 0 aliphatic carbocycles. The van der Waals surface area contributed by atoms with E-state index in [1.165, 1.54) is 0 Å². The molecule has 3 fully saturated rings. The van der Waals surface area contributed by atoms with Crippen LogP contribution < -0.4 is 15.4 Å². The first-order valence-electron chi connectivity index (χ1n) is 14.7. The largest absolute Gasteiger partial charge is 0.494 e. The zero-order valence-electron chi connectivity index (χ0n) is 24.3. The molecule has 1 spiro atoms. The smallest absolute Gasteiger partial charge is 0.248 e. The van der Waals surface area contributed by atoms with Gasteiger partial charge < -0.3 is 25.4 Å². The van der Waals surface area contributed by atoms with Crippen LogP contribution in [0.5, 0.6) is 5.75 Å². The minimum absolute atomic E-state index is 0.0332. The Morgan fingerprint density at radius 3 is 2.54 bits per heavy atom. The summed E-state index contributed by atoms with van der Waals surface area (Å²) < 4.78 is 4.84. The lowest BCUT2D eigenvalue weighted by atomic mass is 9.66. The van der Waals surface area contributed by atoms with Crippen LogP contribution in [0.1, 0.15) is 50.7 Å². The van der Waals surface area contributed by atoms with Crippen LogP contribution in [0.15, 0.2) is 42.5 Å². The molecule has 3 saturated heterocycles. The van der Waals surface area contributed by atoms with Crippen molar-refractivity contribution >= 4 is 40.9 Å². The van der Waals surface area contributed by atoms with Crippen LogP contribution in [0.2, 0.25) is 0 Å². The van der Waals surface area contributed by atoms with Gasteiger partial charge in [-0.15, -0.1) is 11.8 Å². The number of aliphatic hydroxyl groups is 1. The van der Waals surface area contributed by atoms with E-state index in [1.54, 1.807) is 16.7 Å². The zero-order chi connectivity index (χ0) is 29.3. The maximum absolute atomic E-state index is 14.2. The van der Waals surface area contributed by atoms with E-state index in [4.69, 9.17) is 4.74 Å². The van der Waals surface area contributed by atoms with E-state index in [0.29, 0.717) is 31.7 Å². The molecular weight excluding hydrogens is 538 g/mol. The maximum atomic E-state index is 14.2. The van der Waals surface area contributed by atoms with Crippen molar-refractivity contribution in [2.75, 3.05) is 30.4 Å². The highest BCUT2D eigenvalue weighted by Gasteiger charge is 2.75. The first kappa shape index (κ1) is 29.5. The van der Waals surface area contributed by atoms with Crippen LogP contribution in [-0.4, -0.2) is 63.5 Å². The van der Waals surface area contributed by atoms with E-state index in [2.05, 4.69) is 17.6 Å². The van der Waals surface area contributed by atoms with Crippen LogP contribution in [0.3, 0.4) is 0 Å². The molecule has 5 rings (SSSR count). The average molecular weight is 580 g/mol. The fraction of sp³-hybridized carbons (Fsp3) is 0.531. The van der Waals surface area contributed by atoms with E-state index in [1.807, 2.05) is 63.2 Å². The molecule has 220 valence electrons. The van der Waals surface area contributed by atoms with Crippen molar-refractivity contribution in [3.05, 3.63) is 53.6 Å². The minimum Gasteiger partial charge on any atom is -0.494 e. The molecule has 3 unspecified atom stereocenters. The molecule has 2 aromatic carbocycles. The summed E-state index contributed by atoms with van der Waals surface area (Å²) in [5.41, 5.74) is 3.41. The van der Waals surface area contributed by atoms with Gasteiger partial charge in [-0.3, -0.25) is 14.4 Å². The van der Waals surface area contributed by atoms with Gasteiger partial charge in [-0.25, -0.2) is 0 Å². The predicted octanol–water partition coefficient (Wildman–Crippen LogP) is 4.78. The van der Waals surface area contributed by atoms with E-state index in [-0.39, 0.29) is 35.5 Å². The Hall–Kier alpha value is -3.04. The molecule has 8 nitrogen and oxygen atoms in total. The molecular formula is C32H41N3O5S. The van der Waals surface area contributed by atoms with E-state index < -0.39 is 22.6 Å². The fourth-order valence-electron chi connectivity index (χ4n) is 7.03. The fourth-order valence-corrected chi connectivity index (χ4v) is 9.45. The van der Waals surface area contributed by atoms with Crippen molar-refractivity contribution in [2.45, 2.75) is 69.4 Å². The molecule has 41 heavy (non-hydrogen) atoms. The zero-order valence-corrected chi connectivity index (χ0v) is 25.1. The highest BCUT2D eigenvalue weighted by Crippen LogP contribution is 2.68. The number of nitrogens with zero attached hydrogens (tertiary/aromatic N) is 1. The summed E-state index contributed by atoms with van der Waals surface area (Å²) in [4.78, 5) is 44.0. The second-order valence-electron chi connectivity index (χ2n) is 11.6. The van der Waals surface area contributed by atoms with Gasteiger partial charge in [0.2, 0.25) is 17.7 Å². The van der Waals surface area contributed by atoms with Gasteiger partial charge in [0.15, 0.2) is 0 Å². The molecule has 0 saturated carbocycles. The van der Waals surface area contributed by atoms with Crippen molar-refractivity contribution < 1.29 is 24.2 Å². The molecule has 3 aliphatic heterocycles. The van der Waals surface area contributed by atoms with Gasteiger partial charge in [0.25, 0.3) is 0 Å². The summed E-state index contributed by atoms with van der Waals surface area (Å²) >= 11 is 1.68. The number of nitrogens with one attached hydrogen (secondary N) is 2. The van der Waals surface area contributed by atoms with Crippen molar-refractivity contribution in [2.24, 2.45) is 17.8 Å². The second-order valence-corrected chi connectivity index (χ2v) is 13.2. The standard InChI is InChI=1S/C32H41N3O5S/c1-5-40-23-13-11-22(12-14-23)33-29(37)26-25-18-21(4)32(41-25)27(26)31(39)35(15-7-6-8-16-36)28(32)30(38)34-24-17-19(2)9-10-20(24)3/h9-14,17,21,25-28,36H,5-8,15-16,18H2,1-4H3,(H,33,37)(H,34,38)/t21?,25-,26+,27-,28?,32?/m0/s1. The molecule has 6 atom stereocenters. The molecule has 3 aliphatic rings. The average Bonchev–Trinajstić information content (AvgIpc) is 3.53. The monoisotopic (exact) mass is 579 g/mol.